The molecule has 0 aromatic heterocycles. The molecule has 0 heterocycles. The van der Waals surface area contributed by atoms with Gasteiger partial charge in [0.05, 0.1) is 10.6 Å². The standard InChI is InChI=1S/C19H19BrClFN2O2/c1-11(2)17(24-18(25)14-5-3-4-6-15(14)21)19(26)23-10-12-9-13(20)7-8-16(12)22/h3-9,11,17H,10H2,1-2H3,(H,23,26)(H,24,25). The molecule has 0 fully saturated rings. The third-order valence-electron chi connectivity index (χ3n) is 3.82. The summed E-state index contributed by atoms with van der Waals surface area (Å²) >= 11 is 9.30. The second-order valence-corrected chi connectivity index (χ2v) is 7.45. The molecule has 0 aliphatic carbocycles. The fourth-order valence-electron chi connectivity index (χ4n) is 2.37. The minimum atomic E-state index is -0.769. The SMILES string of the molecule is CC(C)C(NC(=O)c1ccccc1Cl)C(=O)NCc1cc(Br)ccc1F. The highest BCUT2D eigenvalue weighted by molar-refractivity contribution is 9.10. The van der Waals surface area contributed by atoms with Crippen molar-refractivity contribution in [2.24, 2.45) is 5.92 Å². The fourth-order valence-corrected chi connectivity index (χ4v) is 3.00. The highest BCUT2D eigenvalue weighted by Crippen LogP contribution is 2.17. The molecule has 138 valence electrons. The maximum absolute atomic E-state index is 13.8. The molecule has 2 N–H and O–H groups in total. The molecule has 7 heteroatoms. The van der Waals surface area contributed by atoms with E-state index in [2.05, 4.69) is 26.6 Å². The quantitative estimate of drug-likeness (QED) is 0.702. The van der Waals surface area contributed by atoms with Gasteiger partial charge in [-0.15, -0.1) is 0 Å². The van der Waals surface area contributed by atoms with Gasteiger partial charge in [-0.3, -0.25) is 9.59 Å². The number of hydrogen-bond acceptors (Lipinski definition) is 2. The average molecular weight is 442 g/mol. The highest BCUT2D eigenvalue weighted by atomic mass is 79.9. The zero-order valence-corrected chi connectivity index (χ0v) is 16.7. The summed E-state index contributed by atoms with van der Waals surface area (Å²) in [5, 5.41) is 5.68. The molecule has 2 amide bonds. The summed E-state index contributed by atoms with van der Waals surface area (Å²) < 4.78 is 14.5. The number of nitrogens with one attached hydrogen (secondary N) is 2. The lowest BCUT2D eigenvalue weighted by Gasteiger charge is -2.22. The predicted octanol–water partition coefficient (Wildman–Crippen LogP) is 4.31. The Balaban J connectivity index is 2.06. The molecule has 4 nitrogen and oxygen atoms in total. The van der Waals surface area contributed by atoms with E-state index in [0.717, 1.165) is 4.47 Å². The Hall–Kier alpha value is -1.92. The van der Waals surface area contributed by atoms with Crippen LogP contribution in [0.3, 0.4) is 0 Å². The number of carbonyl (C=O) groups excluding carboxylic acids is 2. The van der Waals surface area contributed by atoms with Gasteiger partial charge in [0.2, 0.25) is 5.91 Å². The smallest absolute Gasteiger partial charge is 0.253 e. The summed E-state index contributed by atoms with van der Waals surface area (Å²) in [5.74, 6) is -1.39. The Morgan fingerprint density at radius 3 is 2.54 bits per heavy atom. The summed E-state index contributed by atoms with van der Waals surface area (Å²) in [6.07, 6.45) is 0. The monoisotopic (exact) mass is 440 g/mol. The molecule has 0 bridgehead atoms. The van der Waals surface area contributed by atoms with Crippen molar-refractivity contribution in [3.05, 3.63) is 68.9 Å². The van der Waals surface area contributed by atoms with Gasteiger partial charge in [0.25, 0.3) is 5.91 Å². The molecular formula is C19H19BrClFN2O2. The van der Waals surface area contributed by atoms with Crippen LogP contribution in [-0.2, 0) is 11.3 Å². The second kappa shape index (κ2) is 9.14. The molecule has 0 saturated carbocycles. The maximum Gasteiger partial charge on any atom is 0.253 e. The van der Waals surface area contributed by atoms with Crippen molar-refractivity contribution >= 4 is 39.3 Å². The molecule has 1 atom stereocenters. The minimum Gasteiger partial charge on any atom is -0.350 e. The highest BCUT2D eigenvalue weighted by Gasteiger charge is 2.25. The van der Waals surface area contributed by atoms with Gasteiger partial charge in [0.1, 0.15) is 11.9 Å². The van der Waals surface area contributed by atoms with Gasteiger partial charge in [-0.25, -0.2) is 4.39 Å². The van der Waals surface area contributed by atoms with E-state index in [4.69, 9.17) is 11.6 Å². The van der Waals surface area contributed by atoms with Gasteiger partial charge in [0, 0.05) is 16.6 Å². The number of halogens is 3. The van der Waals surface area contributed by atoms with Crippen molar-refractivity contribution in [1.82, 2.24) is 10.6 Å². The second-order valence-electron chi connectivity index (χ2n) is 6.13. The van der Waals surface area contributed by atoms with Crippen LogP contribution in [0.25, 0.3) is 0 Å². The largest absolute Gasteiger partial charge is 0.350 e. The third-order valence-corrected chi connectivity index (χ3v) is 4.64. The fraction of sp³-hybridized carbons (Fsp3) is 0.263. The third kappa shape index (κ3) is 5.29. The van der Waals surface area contributed by atoms with Gasteiger partial charge >= 0.3 is 0 Å². The van der Waals surface area contributed by atoms with E-state index in [0.29, 0.717) is 16.1 Å². The van der Waals surface area contributed by atoms with Crippen LogP contribution in [0.1, 0.15) is 29.8 Å². The molecular weight excluding hydrogens is 423 g/mol. The maximum atomic E-state index is 13.8. The van der Waals surface area contributed by atoms with Gasteiger partial charge < -0.3 is 10.6 Å². The van der Waals surface area contributed by atoms with Crippen LogP contribution < -0.4 is 10.6 Å². The number of amides is 2. The normalized spacial score (nSPS) is 11.9. The Labute approximate surface area is 165 Å². The average Bonchev–Trinajstić information content (AvgIpc) is 2.60. The Morgan fingerprint density at radius 1 is 1.19 bits per heavy atom. The van der Waals surface area contributed by atoms with E-state index in [1.165, 1.54) is 6.07 Å². The first kappa shape index (κ1) is 20.4. The predicted molar refractivity (Wildman–Crippen MR) is 103 cm³/mol. The molecule has 0 aliphatic heterocycles. The first-order valence-electron chi connectivity index (χ1n) is 8.06. The van der Waals surface area contributed by atoms with Crippen LogP contribution >= 0.6 is 27.5 Å². The molecule has 2 rings (SSSR count). The van der Waals surface area contributed by atoms with Gasteiger partial charge in [-0.1, -0.05) is 53.5 Å². The first-order valence-corrected chi connectivity index (χ1v) is 9.23. The lowest BCUT2D eigenvalue weighted by atomic mass is 10.0. The van der Waals surface area contributed by atoms with E-state index in [-0.39, 0.29) is 18.4 Å². The Bertz CT molecular complexity index is 814. The number of rotatable bonds is 6. The van der Waals surface area contributed by atoms with E-state index in [1.807, 2.05) is 13.8 Å². The zero-order chi connectivity index (χ0) is 19.3. The molecule has 26 heavy (non-hydrogen) atoms. The zero-order valence-electron chi connectivity index (χ0n) is 14.4. The number of hydrogen-bond donors (Lipinski definition) is 2. The first-order chi connectivity index (χ1) is 12.3. The van der Waals surface area contributed by atoms with Crippen LogP contribution in [0.2, 0.25) is 5.02 Å². The van der Waals surface area contributed by atoms with Gasteiger partial charge in [-0.05, 0) is 36.2 Å². The molecule has 2 aromatic rings. The van der Waals surface area contributed by atoms with Crippen molar-refractivity contribution in [3.63, 3.8) is 0 Å². The lowest BCUT2D eigenvalue weighted by Crippen LogP contribution is -2.49. The van der Waals surface area contributed by atoms with Crippen LogP contribution in [0, 0.1) is 11.7 Å². The Kier molecular flexibility index (Phi) is 7.17. The van der Waals surface area contributed by atoms with E-state index < -0.39 is 17.8 Å². The number of carbonyl (C=O) groups is 2. The van der Waals surface area contributed by atoms with E-state index in [9.17, 15) is 14.0 Å². The summed E-state index contributed by atoms with van der Waals surface area (Å²) in [5.41, 5.74) is 0.651. The molecule has 0 saturated heterocycles. The molecule has 1 unspecified atom stereocenters. The summed E-state index contributed by atoms with van der Waals surface area (Å²) in [4.78, 5) is 24.9. The van der Waals surface area contributed by atoms with Crippen LogP contribution in [0.15, 0.2) is 46.9 Å². The summed E-state index contributed by atoms with van der Waals surface area (Å²) in [7, 11) is 0. The lowest BCUT2D eigenvalue weighted by molar-refractivity contribution is -0.124. The van der Waals surface area contributed by atoms with E-state index in [1.54, 1.807) is 36.4 Å². The summed E-state index contributed by atoms with van der Waals surface area (Å²) in [6.45, 7) is 3.66. The van der Waals surface area contributed by atoms with Crippen molar-refractivity contribution < 1.29 is 14.0 Å². The van der Waals surface area contributed by atoms with Crippen LogP contribution in [-0.4, -0.2) is 17.9 Å². The molecule has 0 aliphatic rings. The van der Waals surface area contributed by atoms with Gasteiger partial charge in [-0.2, -0.15) is 0 Å². The summed E-state index contributed by atoms with van der Waals surface area (Å²) in [6, 6.07) is 10.4. The number of benzene rings is 2. The topological polar surface area (TPSA) is 58.2 Å². The van der Waals surface area contributed by atoms with Crippen molar-refractivity contribution in [1.29, 1.82) is 0 Å². The van der Waals surface area contributed by atoms with Crippen LogP contribution in [0.5, 0.6) is 0 Å². The van der Waals surface area contributed by atoms with Crippen molar-refractivity contribution in [2.45, 2.75) is 26.4 Å². The van der Waals surface area contributed by atoms with E-state index >= 15 is 0 Å². The molecule has 0 radical (unpaired) electrons. The van der Waals surface area contributed by atoms with Crippen molar-refractivity contribution in [3.8, 4) is 0 Å². The Morgan fingerprint density at radius 2 is 1.88 bits per heavy atom. The van der Waals surface area contributed by atoms with Crippen molar-refractivity contribution in [2.75, 3.05) is 0 Å². The van der Waals surface area contributed by atoms with Gasteiger partial charge in [0.15, 0.2) is 0 Å². The van der Waals surface area contributed by atoms with Crippen LogP contribution in [0.4, 0.5) is 4.39 Å². The molecule has 2 aromatic carbocycles. The minimum absolute atomic E-state index is 0.0231. The molecule has 0 spiro atoms.